The third-order valence-electron chi connectivity index (χ3n) is 1.60. The summed E-state index contributed by atoms with van der Waals surface area (Å²) in [5, 5.41) is 0. The number of nitrogen functional groups attached to an aromatic ring is 1. The Hall–Kier alpha value is -0.630. The molecule has 68 valence electrons. The topological polar surface area (TPSA) is 26.0 Å². The maximum Gasteiger partial charge on any atom is 0.0314 e. The number of nitrogens with two attached hydrogens (primary N) is 1. The van der Waals surface area contributed by atoms with E-state index in [-0.39, 0.29) is 0 Å². The Balaban J connectivity index is 0.000000561. The fourth-order valence-electron chi connectivity index (χ4n) is 0.881. The Labute approximate surface area is 80.4 Å². The number of anilines is 1. The van der Waals surface area contributed by atoms with Crippen molar-refractivity contribution in [2.75, 3.05) is 12.0 Å². The number of rotatable bonds is 1. The van der Waals surface area contributed by atoms with Gasteiger partial charge in [-0.3, -0.25) is 0 Å². The zero-order valence-corrected chi connectivity index (χ0v) is 8.81. The molecule has 12 heavy (non-hydrogen) atoms. The van der Waals surface area contributed by atoms with Crippen LogP contribution in [0.25, 0.3) is 0 Å². The van der Waals surface area contributed by atoms with E-state index < -0.39 is 0 Å². The van der Waals surface area contributed by atoms with Crippen LogP contribution in [0.2, 0.25) is 0 Å². The van der Waals surface area contributed by atoms with Crippen LogP contribution < -0.4 is 5.73 Å². The zero-order valence-electron chi connectivity index (χ0n) is 7.91. The average molecular weight is 183 g/mol. The lowest BCUT2D eigenvalue weighted by Crippen LogP contribution is -1.88. The molecule has 2 heteroatoms. The van der Waals surface area contributed by atoms with E-state index in [0.29, 0.717) is 5.92 Å². The van der Waals surface area contributed by atoms with Crippen LogP contribution in [0.1, 0.15) is 25.3 Å². The zero-order chi connectivity index (χ0) is 9.56. The van der Waals surface area contributed by atoms with Crippen molar-refractivity contribution in [3.63, 3.8) is 0 Å². The SMILES string of the molecule is CC(C)c1ccc(N)cc1.CS. The van der Waals surface area contributed by atoms with E-state index in [1.807, 2.05) is 12.1 Å². The average Bonchev–Trinajstić information content (AvgIpc) is 2.09. The highest BCUT2D eigenvalue weighted by molar-refractivity contribution is 7.79. The molecule has 0 aliphatic rings. The highest BCUT2D eigenvalue weighted by atomic mass is 32.1. The van der Waals surface area contributed by atoms with Gasteiger partial charge in [-0.1, -0.05) is 26.0 Å². The second kappa shape index (κ2) is 5.95. The lowest BCUT2D eigenvalue weighted by Gasteiger charge is -2.03. The summed E-state index contributed by atoms with van der Waals surface area (Å²) in [5.74, 6) is 0.598. The first kappa shape index (κ1) is 11.4. The largest absolute Gasteiger partial charge is 0.399 e. The van der Waals surface area contributed by atoms with Gasteiger partial charge >= 0.3 is 0 Å². The molecule has 0 heterocycles. The van der Waals surface area contributed by atoms with E-state index in [2.05, 4.69) is 38.6 Å². The number of hydrogen-bond acceptors (Lipinski definition) is 2. The fourth-order valence-corrected chi connectivity index (χ4v) is 0.881. The predicted molar refractivity (Wildman–Crippen MR) is 59.9 cm³/mol. The Morgan fingerprint density at radius 2 is 1.50 bits per heavy atom. The smallest absolute Gasteiger partial charge is 0.0314 e. The van der Waals surface area contributed by atoms with E-state index in [4.69, 9.17) is 5.73 Å². The molecule has 1 aromatic rings. The summed E-state index contributed by atoms with van der Waals surface area (Å²) >= 11 is 3.53. The van der Waals surface area contributed by atoms with E-state index >= 15 is 0 Å². The molecule has 0 saturated heterocycles. The Morgan fingerprint density at radius 3 is 1.83 bits per heavy atom. The Kier molecular flexibility index (Phi) is 5.64. The van der Waals surface area contributed by atoms with Crippen LogP contribution in [0.3, 0.4) is 0 Å². The first-order chi connectivity index (χ1) is 5.70. The van der Waals surface area contributed by atoms with Crippen LogP contribution >= 0.6 is 12.6 Å². The van der Waals surface area contributed by atoms with Crippen molar-refractivity contribution in [2.24, 2.45) is 0 Å². The minimum Gasteiger partial charge on any atom is -0.399 e. The molecule has 2 N–H and O–H groups in total. The van der Waals surface area contributed by atoms with Gasteiger partial charge < -0.3 is 5.73 Å². The molecule has 0 saturated carbocycles. The van der Waals surface area contributed by atoms with Gasteiger partial charge in [0.1, 0.15) is 0 Å². The second-order valence-corrected chi connectivity index (χ2v) is 2.82. The Morgan fingerprint density at radius 1 is 1.08 bits per heavy atom. The highest BCUT2D eigenvalue weighted by Crippen LogP contribution is 2.14. The molecular weight excluding hydrogens is 166 g/mol. The number of benzene rings is 1. The molecule has 0 spiro atoms. The summed E-state index contributed by atoms with van der Waals surface area (Å²) < 4.78 is 0. The molecule has 0 bridgehead atoms. The minimum atomic E-state index is 0.598. The van der Waals surface area contributed by atoms with Gasteiger partial charge in [-0.15, -0.1) is 0 Å². The van der Waals surface area contributed by atoms with Crippen molar-refractivity contribution < 1.29 is 0 Å². The third kappa shape index (κ3) is 3.67. The van der Waals surface area contributed by atoms with Crippen LogP contribution in [0, 0.1) is 0 Å². The normalized spacial score (nSPS) is 9.08. The molecule has 0 unspecified atom stereocenters. The van der Waals surface area contributed by atoms with E-state index in [1.165, 1.54) is 5.56 Å². The number of thiol groups is 1. The molecule has 0 radical (unpaired) electrons. The lowest BCUT2D eigenvalue weighted by atomic mass is 10.0. The van der Waals surface area contributed by atoms with Gasteiger partial charge in [0.2, 0.25) is 0 Å². The minimum absolute atomic E-state index is 0.598. The van der Waals surface area contributed by atoms with E-state index in [1.54, 1.807) is 6.26 Å². The third-order valence-corrected chi connectivity index (χ3v) is 1.60. The van der Waals surface area contributed by atoms with E-state index in [0.717, 1.165) is 5.69 Å². The van der Waals surface area contributed by atoms with Gasteiger partial charge in [0, 0.05) is 5.69 Å². The van der Waals surface area contributed by atoms with Crippen LogP contribution in [0.5, 0.6) is 0 Å². The van der Waals surface area contributed by atoms with Crippen LogP contribution in [0.4, 0.5) is 5.69 Å². The summed E-state index contributed by atoms with van der Waals surface area (Å²) in [4.78, 5) is 0. The van der Waals surface area contributed by atoms with Crippen molar-refractivity contribution in [3.05, 3.63) is 29.8 Å². The first-order valence-electron chi connectivity index (χ1n) is 4.00. The summed E-state index contributed by atoms with van der Waals surface area (Å²) in [5.41, 5.74) is 7.71. The molecule has 1 nitrogen and oxygen atoms in total. The molecule has 1 aromatic carbocycles. The van der Waals surface area contributed by atoms with Gasteiger partial charge in [0.25, 0.3) is 0 Å². The van der Waals surface area contributed by atoms with Crippen molar-refractivity contribution >= 4 is 18.3 Å². The van der Waals surface area contributed by atoms with Gasteiger partial charge in [-0.2, -0.15) is 12.6 Å². The molecule has 0 amide bonds. The molecular formula is C10H17NS. The van der Waals surface area contributed by atoms with Crippen molar-refractivity contribution in [1.29, 1.82) is 0 Å². The molecule has 0 fully saturated rings. The summed E-state index contributed by atoms with van der Waals surface area (Å²) in [6.45, 7) is 4.34. The van der Waals surface area contributed by atoms with Crippen molar-refractivity contribution in [1.82, 2.24) is 0 Å². The maximum atomic E-state index is 5.53. The molecule has 0 aliphatic heterocycles. The quantitative estimate of drug-likeness (QED) is 0.508. The summed E-state index contributed by atoms with van der Waals surface area (Å²) in [7, 11) is 0. The number of hydrogen-bond donors (Lipinski definition) is 2. The Bertz CT molecular complexity index is 204. The monoisotopic (exact) mass is 183 g/mol. The molecule has 0 atom stereocenters. The predicted octanol–water partition coefficient (Wildman–Crippen LogP) is 2.94. The van der Waals surface area contributed by atoms with Crippen LogP contribution in [-0.2, 0) is 0 Å². The van der Waals surface area contributed by atoms with Gasteiger partial charge in [-0.05, 0) is 29.9 Å². The van der Waals surface area contributed by atoms with Gasteiger partial charge in [0.05, 0.1) is 0 Å². The molecule has 1 rings (SSSR count). The van der Waals surface area contributed by atoms with Gasteiger partial charge in [-0.25, -0.2) is 0 Å². The summed E-state index contributed by atoms with van der Waals surface area (Å²) in [6, 6.07) is 8.02. The van der Waals surface area contributed by atoms with Gasteiger partial charge in [0.15, 0.2) is 0 Å². The maximum absolute atomic E-state index is 5.53. The first-order valence-corrected chi connectivity index (χ1v) is 4.90. The van der Waals surface area contributed by atoms with E-state index in [9.17, 15) is 0 Å². The van der Waals surface area contributed by atoms with Crippen LogP contribution in [0.15, 0.2) is 24.3 Å². The highest BCUT2D eigenvalue weighted by Gasteiger charge is 1.95. The molecule has 0 aliphatic carbocycles. The van der Waals surface area contributed by atoms with Crippen molar-refractivity contribution in [2.45, 2.75) is 19.8 Å². The van der Waals surface area contributed by atoms with Crippen LogP contribution in [-0.4, -0.2) is 6.26 Å². The standard InChI is InChI=1S/C9H13N.CH4S/c1-7(2)8-3-5-9(10)6-4-8;1-2/h3-7H,10H2,1-2H3;2H,1H3. The summed E-state index contributed by atoms with van der Waals surface area (Å²) in [6.07, 6.45) is 1.69. The lowest BCUT2D eigenvalue weighted by molar-refractivity contribution is 0.867. The molecule has 0 aromatic heterocycles. The van der Waals surface area contributed by atoms with Crippen molar-refractivity contribution in [3.8, 4) is 0 Å². The fraction of sp³-hybridized carbons (Fsp3) is 0.400. The second-order valence-electron chi connectivity index (χ2n) is 2.82.